The fourth-order valence-electron chi connectivity index (χ4n) is 2.70. The molecule has 0 saturated carbocycles. The van der Waals surface area contributed by atoms with E-state index in [0.717, 1.165) is 31.1 Å². The van der Waals surface area contributed by atoms with E-state index < -0.39 is 0 Å². The number of benzene rings is 1. The normalized spacial score (nSPS) is 14.0. The summed E-state index contributed by atoms with van der Waals surface area (Å²) in [6.07, 6.45) is 8.21. The minimum Gasteiger partial charge on any atom is -0.351 e. The van der Waals surface area contributed by atoms with Crippen molar-refractivity contribution in [2.75, 3.05) is 11.4 Å². The van der Waals surface area contributed by atoms with Crippen LogP contribution in [0.5, 0.6) is 0 Å². The Morgan fingerprint density at radius 1 is 0.952 bits per heavy atom. The van der Waals surface area contributed by atoms with Crippen molar-refractivity contribution in [3.63, 3.8) is 0 Å². The Balaban J connectivity index is 1.65. The molecule has 4 rings (SSSR count). The van der Waals surface area contributed by atoms with Crippen LogP contribution < -0.4 is 4.90 Å². The molecule has 0 N–H and O–H groups in total. The Bertz CT molecular complexity index is 751. The maximum Gasteiger partial charge on any atom is 0.173 e. The van der Waals surface area contributed by atoms with Crippen LogP contribution >= 0.6 is 0 Å². The van der Waals surface area contributed by atoms with Crippen molar-refractivity contribution in [3.05, 3.63) is 66.2 Å². The zero-order chi connectivity index (χ0) is 14.1. The van der Waals surface area contributed by atoms with Crippen LogP contribution in [0.15, 0.2) is 55.1 Å². The summed E-state index contributed by atoms with van der Waals surface area (Å²) in [7, 11) is 0. The highest BCUT2D eigenvalue weighted by Crippen LogP contribution is 2.22. The predicted octanol–water partition coefficient (Wildman–Crippen LogP) is 2.22. The first-order valence-corrected chi connectivity index (χ1v) is 7.04. The maximum absolute atomic E-state index is 4.68. The molecule has 0 spiro atoms. The van der Waals surface area contributed by atoms with Gasteiger partial charge in [0, 0.05) is 25.5 Å². The molecule has 21 heavy (non-hydrogen) atoms. The first-order valence-electron chi connectivity index (χ1n) is 7.04. The summed E-state index contributed by atoms with van der Waals surface area (Å²) >= 11 is 0. The zero-order valence-electron chi connectivity index (χ0n) is 11.6. The third-order valence-corrected chi connectivity index (χ3v) is 3.80. The second-order valence-corrected chi connectivity index (χ2v) is 5.13. The third-order valence-electron chi connectivity index (χ3n) is 3.80. The van der Waals surface area contributed by atoms with Gasteiger partial charge in [-0.3, -0.25) is 4.98 Å². The Morgan fingerprint density at radius 3 is 2.67 bits per heavy atom. The number of hydrogen-bond acceptors (Lipinski definition) is 4. The van der Waals surface area contributed by atoms with Crippen LogP contribution in [0.1, 0.15) is 11.1 Å². The molecule has 3 heterocycles. The van der Waals surface area contributed by atoms with Crippen molar-refractivity contribution in [1.29, 1.82) is 0 Å². The molecule has 0 unspecified atom stereocenters. The number of hydrogen-bond donors (Lipinski definition) is 0. The van der Waals surface area contributed by atoms with Crippen molar-refractivity contribution < 1.29 is 0 Å². The van der Waals surface area contributed by atoms with Gasteiger partial charge in [-0.05, 0) is 23.6 Å². The Morgan fingerprint density at radius 2 is 1.81 bits per heavy atom. The van der Waals surface area contributed by atoms with Gasteiger partial charge in [-0.2, -0.15) is 5.10 Å². The van der Waals surface area contributed by atoms with E-state index in [0.29, 0.717) is 0 Å². The minimum atomic E-state index is 0.747. The maximum atomic E-state index is 4.68. The molecule has 0 radical (unpaired) electrons. The highest BCUT2D eigenvalue weighted by Gasteiger charge is 2.17. The van der Waals surface area contributed by atoms with Crippen molar-refractivity contribution in [1.82, 2.24) is 19.7 Å². The number of nitrogens with zero attached hydrogens (tertiary/aromatic N) is 5. The van der Waals surface area contributed by atoms with Crippen LogP contribution in [0.25, 0.3) is 5.82 Å². The first kappa shape index (κ1) is 12.1. The van der Waals surface area contributed by atoms with Crippen molar-refractivity contribution in [2.24, 2.45) is 0 Å². The third kappa shape index (κ3) is 2.27. The van der Waals surface area contributed by atoms with E-state index in [1.807, 2.05) is 18.5 Å². The van der Waals surface area contributed by atoms with Gasteiger partial charge in [0.05, 0.1) is 12.4 Å². The molecule has 3 aromatic rings. The van der Waals surface area contributed by atoms with Gasteiger partial charge in [0.1, 0.15) is 5.82 Å². The topological polar surface area (TPSA) is 46.8 Å². The van der Waals surface area contributed by atoms with Gasteiger partial charge in [-0.1, -0.05) is 24.3 Å². The van der Waals surface area contributed by atoms with Gasteiger partial charge in [-0.15, -0.1) is 0 Å². The molecule has 1 aromatic carbocycles. The van der Waals surface area contributed by atoms with E-state index in [9.17, 15) is 0 Å². The van der Waals surface area contributed by atoms with Gasteiger partial charge >= 0.3 is 0 Å². The molecular formula is C16H15N5. The smallest absolute Gasteiger partial charge is 0.173 e. The number of fused-ring (bicyclic) bond motifs is 1. The molecule has 0 fully saturated rings. The van der Waals surface area contributed by atoms with E-state index in [1.165, 1.54) is 11.1 Å². The molecule has 0 aliphatic carbocycles. The molecule has 5 heteroatoms. The second-order valence-electron chi connectivity index (χ2n) is 5.13. The molecule has 0 saturated heterocycles. The van der Waals surface area contributed by atoms with Gasteiger partial charge in [-0.25, -0.2) is 9.67 Å². The highest BCUT2D eigenvalue weighted by molar-refractivity contribution is 5.44. The molecular weight excluding hydrogens is 262 g/mol. The Kier molecular flexibility index (Phi) is 2.88. The average Bonchev–Trinajstić information content (AvgIpc) is 3.09. The van der Waals surface area contributed by atoms with Gasteiger partial charge in [0.15, 0.2) is 5.82 Å². The highest BCUT2D eigenvalue weighted by atomic mass is 15.3. The number of anilines is 1. The van der Waals surface area contributed by atoms with E-state index in [1.54, 1.807) is 17.1 Å². The summed E-state index contributed by atoms with van der Waals surface area (Å²) in [5, 5.41) is 4.20. The molecule has 1 aliphatic heterocycles. The second kappa shape index (κ2) is 5.01. The molecule has 2 aromatic heterocycles. The van der Waals surface area contributed by atoms with E-state index in [-0.39, 0.29) is 0 Å². The van der Waals surface area contributed by atoms with E-state index >= 15 is 0 Å². The summed E-state index contributed by atoms with van der Waals surface area (Å²) in [6, 6.07) is 10.5. The van der Waals surface area contributed by atoms with Gasteiger partial charge in [0.25, 0.3) is 0 Å². The standard InChI is InChI=1S/C16H15N5/c1-2-5-14-12-20(9-6-13(14)4-1)15-10-17-11-16(19-15)21-8-3-7-18-21/h1-5,7-8,10-11H,6,9,12H2. The van der Waals surface area contributed by atoms with Crippen molar-refractivity contribution in [2.45, 2.75) is 13.0 Å². The van der Waals surface area contributed by atoms with Crippen LogP contribution in [0, 0.1) is 0 Å². The summed E-state index contributed by atoms with van der Waals surface area (Å²) < 4.78 is 1.73. The quantitative estimate of drug-likeness (QED) is 0.720. The zero-order valence-corrected chi connectivity index (χ0v) is 11.6. The van der Waals surface area contributed by atoms with Crippen molar-refractivity contribution >= 4 is 5.82 Å². The summed E-state index contributed by atoms with van der Waals surface area (Å²) in [6.45, 7) is 1.85. The summed E-state index contributed by atoms with van der Waals surface area (Å²) in [4.78, 5) is 11.2. The van der Waals surface area contributed by atoms with Crippen LogP contribution in [0.3, 0.4) is 0 Å². The fraction of sp³-hybridized carbons (Fsp3) is 0.188. The van der Waals surface area contributed by atoms with Crippen molar-refractivity contribution in [3.8, 4) is 5.82 Å². The largest absolute Gasteiger partial charge is 0.351 e. The fourth-order valence-corrected chi connectivity index (χ4v) is 2.70. The molecule has 1 aliphatic rings. The van der Waals surface area contributed by atoms with Crippen LogP contribution in [-0.2, 0) is 13.0 Å². The lowest BCUT2D eigenvalue weighted by atomic mass is 10.0. The predicted molar refractivity (Wildman–Crippen MR) is 80.4 cm³/mol. The first-order chi connectivity index (χ1) is 10.4. The number of rotatable bonds is 2. The van der Waals surface area contributed by atoms with Crippen LogP contribution in [0.2, 0.25) is 0 Å². The van der Waals surface area contributed by atoms with E-state index in [4.69, 9.17) is 0 Å². The summed E-state index contributed by atoms with van der Waals surface area (Å²) in [5.74, 6) is 1.65. The molecule has 0 amide bonds. The van der Waals surface area contributed by atoms with Gasteiger partial charge < -0.3 is 4.90 Å². The lowest BCUT2D eigenvalue weighted by Gasteiger charge is -2.29. The number of aromatic nitrogens is 4. The molecule has 0 bridgehead atoms. The SMILES string of the molecule is c1ccc2c(c1)CCN(c1cncc(-n3cccn3)n1)C2. The van der Waals surface area contributed by atoms with Crippen LogP contribution in [-0.4, -0.2) is 26.3 Å². The Labute approximate surface area is 122 Å². The molecule has 104 valence electrons. The van der Waals surface area contributed by atoms with E-state index in [2.05, 4.69) is 44.2 Å². The monoisotopic (exact) mass is 277 g/mol. The molecule has 0 atom stereocenters. The lowest BCUT2D eigenvalue weighted by Crippen LogP contribution is -2.31. The van der Waals surface area contributed by atoms with Crippen LogP contribution in [0.4, 0.5) is 5.82 Å². The summed E-state index contributed by atoms with van der Waals surface area (Å²) in [5.41, 5.74) is 2.81. The Hall–Kier alpha value is -2.69. The molecule has 5 nitrogen and oxygen atoms in total. The van der Waals surface area contributed by atoms with Gasteiger partial charge in [0.2, 0.25) is 0 Å². The lowest BCUT2D eigenvalue weighted by molar-refractivity contribution is 0.713. The average molecular weight is 277 g/mol. The minimum absolute atomic E-state index is 0.747.